The first-order valence-corrected chi connectivity index (χ1v) is 5.30. The molecule has 2 nitrogen and oxygen atoms in total. The summed E-state index contributed by atoms with van der Waals surface area (Å²) in [6, 6.07) is 0. The van der Waals surface area contributed by atoms with Crippen LogP contribution in [0.1, 0.15) is 37.9 Å². The van der Waals surface area contributed by atoms with Gasteiger partial charge in [0.05, 0.1) is 10.7 Å². The van der Waals surface area contributed by atoms with Gasteiger partial charge in [0.15, 0.2) is 0 Å². The van der Waals surface area contributed by atoms with E-state index >= 15 is 0 Å². The van der Waals surface area contributed by atoms with Gasteiger partial charge in [-0.05, 0) is 0 Å². The molecular weight excluding hydrogens is 182 g/mol. The fraction of sp³-hybridized carbons (Fsp3) is 0.600. The van der Waals surface area contributed by atoms with Crippen LogP contribution in [0.15, 0.2) is 5.38 Å². The summed E-state index contributed by atoms with van der Waals surface area (Å²) >= 11 is 1.65. The van der Waals surface area contributed by atoms with Crippen molar-refractivity contribution in [2.24, 2.45) is 0 Å². The number of aryl methyl sites for hydroxylation is 1. The summed E-state index contributed by atoms with van der Waals surface area (Å²) in [5.74, 6) is 0. The van der Waals surface area contributed by atoms with E-state index in [9.17, 15) is 4.79 Å². The molecule has 0 unspecified atom stereocenters. The van der Waals surface area contributed by atoms with Crippen LogP contribution in [-0.2, 0) is 16.6 Å². The van der Waals surface area contributed by atoms with Crippen molar-refractivity contribution in [3.8, 4) is 0 Å². The molecule has 0 aliphatic rings. The highest BCUT2D eigenvalue weighted by molar-refractivity contribution is 7.09. The third kappa shape index (κ3) is 2.92. The standard InChI is InChI=1S/C10H15NOS/c1-10(2,3)8-7-13-9(11-8)5-4-6-12/h6-7H,4-5H2,1-3H3. The number of hydrogen-bond donors (Lipinski definition) is 0. The maximum absolute atomic E-state index is 10.2. The number of rotatable bonds is 3. The van der Waals surface area contributed by atoms with Crippen LogP contribution in [0.4, 0.5) is 0 Å². The maximum atomic E-state index is 10.2. The molecule has 0 radical (unpaired) electrons. The molecule has 0 fully saturated rings. The SMILES string of the molecule is CC(C)(C)c1csc(CCC=O)n1. The second-order valence-corrected chi connectivity index (χ2v) is 5.02. The molecule has 13 heavy (non-hydrogen) atoms. The second kappa shape index (κ2) is 4.01. The third-order valence-electron chi connectivity index (χ3n) is 1.80. The van der Waals surface area contributed by atoms with E-state index in [0.29, 0.717) is 6.42 Å². The number of nitrogens with zero attached hydrogens (tertiary/aromatic N) is 1. The average molecular weight is 197 g/mol. The molecule has 1 aromatic heterocycles. The smallest absolute Gasteiger partial charge is 0.120 e. The number of aldehydes is 1. The first-order valence-electron chi connectivity index (χ1n) is 4.42. The van der Waals surface area contributed by atoms with E-state index < -0.39 is 0 Å². The molecule has 0 bridgehead atoms. The van der Waals surface area contributed by atoms with E-state index in [0.717, 1.165) is 23.4 Å². The summed E-state index contributed by atoms with van der Waals surface area (Å²) < 4.78 is 0. The van der Waals surface area contributed by atoms with Crippen molar-refractivity contribution in [1.82, 2.24) is 4.98 Å². The Bertz CT molecular complexity index is 285. The van der Waals surface area contributed by atoms with Crippen molar-refractivity contribution >= 4 is 17.6 Å². The fourth-order valence-electron chi connectivity index (χ4n) is 0.953. The van der Waals surface area contributed by atoms with Gasteiger partial charge in [-0.3, -0.25) is 0 Å². The molecular formula is C10H15NOS. The number of thiazole rings is 1. The lowest BCUT2D eigenvalue weighted by Gasteiger charge is -2.14. The van der Waals surface area contributed by atoms with E-state index in [1.54, 1.807) is 11.3 Å². The summed E-state index contributed by atoms with van der Waals surface area (Å²) in [7, 11) is 0. The number of hydrogen-bond acceptors (Lipinski definition) is 3. The van der Waals surface area contributed by atoms with Gasteiger partial charge in [-0.25, -0.2) is 4.98 Å². The Hall–Kier alpha value is -0.700. The van der Waals surface area contributed by atoms with Crippen LogP contribution < -0.4 is 0 Å². The van der Waals surface area contributed by atoms with Gasteiger partial charge in [0.2, 0.25) is 0 Å². The first-order chi connectivity index (χ1) is 6.04. The summed E-state index contributed by atoms with van der Waals surface area (Å²) in [5.41, 5.74) is 1.24. The molecule has 3 heteroatoms. The van der Waals surface area contributed by atoms with Crippen molar-refractivity contribution in [3.63, 3.8) is 0 Å². The Balaban J connectivity index is 2.69. The van der Waals surface area contributed by atoms with Crippen LogP contribution >= 0.6 is 11.3 Å². The highest BCUT2D eigenvalue weighted by Gasteiger charge is 2.16. The lowest BCUT2D eigenvalue weighted by molar-refractivity contribution is -0.107. The molecule has 0 saturated heterocycles. The zero-order chi connectivity index (χ0) is 9.90. The summed E-state index contributed by atoms with van der Waals surface area (Å²) in [6.45, 7) is 6.43. The van der Waals surface area contributed by atoms with E-state index in [1.807, 2.05) is 0 Å². The summed E-state index contributed by atoms with van der Waals surface area (Å²) in [4.78, 5) is 14.6. The van der Waals surface area contributed by atoms with Crippen LogP contribution in [0.3, 0.4) is 0 Å². The molecule has 0 atom stereocenters. The van der Waals surface area contributed by atoms with E-state index in [1.165, 1.54) is 0 Å². The van der Waals surface area contributed by atoms with Gasteiger partial charge < -0.3 is 4.79 Å². The molecule has 0 amide bonds. The Morgan fingerprint density at radius 2 is 2.23 bits per heavy atom. The molecule has 72 valence electrons. The van der Waals surface area contributed by atoms with Gasteiger partial charge in [0.1, 0.15) is 6.29 Å². The molecule has 1 aromatic rings. The highest BCUT2D eigenvalue weighted by atomic mass is 32.1. The van der Waals surface area contributed by atoms with Gasteiger partial charge >= 0.3 is 0 Å². The monoisotopic (exact) mass is 197 g/mol. The van der Waals surface area contributed by atoms with Crippen LogP contribution in [0.25, 0.3) is 0 Å². The highest BCUT2D eigenvalue weighted by Crippen LogP contribution is 2.24. The van der Waals surface area contributed by atoms with Crippen molar-refractivity contribution in [1.29, 1.82) is 0 Å². The van der Waals surface area contributed by atoms with Crippen LogP contribution in [0, 0.1) is 0 Å². The third-order valence-corrected chi connectivity index (χ3v) is 2.70. The minimum absolute atomic E-state index is 0.121. The largest absolute Gasteiger partial charge is 0.303 e. The van der Waals surface area contributed by atoms with Crippen LogP contribution in [-0.4, -0.2) is 11.3 Å². The average Bonchev–Trinajstić information content (AvgIpc) is 2.47. The molecule has 0 aromatic carbocycles. The lowest BCUT2D eigenvalue weighted by atomic mass is 9.93. The molecule has 0 aliphatic heterocycles. The molecule has 0 N–H and O–H groups in total. The first kappa shape index (κ1) is 10.4. The minimum atomic E-state index is 0.121. The molecule has 0 aliphatic carbocycles. The van der Waals surface area contributed by atoms with Crippen LogP contribution in [0.2, 0.25) is 0 Å². The normalized spacial score (nSPS) is 11.6. The van der Waals surface area contributed by atoms with Gasteiger partial charge in [0, 0.05) is 23.6 Å². The van der Waals surface area contributed by atoms with Gasteiger partial charge in [-0.15, -0.1) is 11.3 Å². The van der Waals surface area contributed by atoms with E-state index in [2.05, 4.69) is 31.1 Å². The quantitative estimate of drug-likeness (QED) is 0.697. The van der Waals surface area contributed by atoms with Gasteiger partial charge in [-0.2, -0.15) is 0 Å². The van der Waals surface area contributed by atoms with Crippen molar-refractivity contribution in [3.05, 3.63) is 16.1 Å². The zero-order valence-corrected chi connectivity index (χ0v) is 9.15. The molecule has 1 heterocycles. The Kier molecular flexibility index (Phi) is 3.20. The fourth-order valence-corrected chi connectivity index (χ4v) is 1.99. The predicted octanol–water partition coefficient (Wildman–Crippen LogP) is 2.57. The Labute approximate surface area is 83.0 Å². The predicted molar refractivity (Wildman–Crippen MR) is 55.2 cm³/mol. The topological polar surface area (TPSA) is 30.0 Å². The number of aromatic nitrogens is 1. The summed E-state index contributed by atoms with van der Waals surface area (Å²) in [6.07, 6.45) is 2.31. The minimum Gasteiger partial charge on any atom is -0.303 e. The van der Waals surface area contributed by atoms with E-state index in [4.69, 9.17) is 0 Å². The maximum Gasteiger partial charge on any atom is 0.120 e. The molecule has 0 saturated carbocycles. The lowest BCUT2D eigenvalue weighted by Crippen LogP contribution is -2.11. The van der Waals surface area contributed by atoms with Crippen molar-refractivity contribution in [2.75, 3.05) is 0 Å². The van der Waals surface area contributed by atoms with E-state index in [-0.39, 0.29) is 5.41 Å². The molecule has 0 spiro atoms. The van der Waals surface area contributed by atoms with Crippen LogP contribution in [0.5, 0.6) is 0 Å². The number of carbonyl (C=O) groups is 1. The van der Waals surface area contributed by atoms with Crippen molar-refractivity contribution < 1.29 is 4.79 Å². The zero-order valence-electron chi connectivity index (χ0n) is 8.33. The Morgan fingerprint density at radius 3 is 2.69 bits per heavy atom. The molecule has 1 rings (SSSR count). The second-order valence-electron chi connectivity index (χ2n) is 4.08. The van der Waals surface area contributed by atoms with Gasteiger partial charge in [-0.1, -0.05) is 20.8 Å². The number of carbonyl (C=O) groups excluding carboxylic acids is 1. The summed E-state index contributed by atoms with van der Waals surface area (Å²) in [5, 5.41) is 3.15. The van der Waals surface area contributed by atoms with Crippen molar-refractivity contribution in [2.45, 2.75) is 39.0 Å². The Morgan fingerprint density at radius 1 is 1.54 bits per heavy atom. The van der Waals surface area contributed by atoms with Gasteiger partial charge in [0.25, 0.3) is 0 Å².